The first-order valence-electron chi connectivity index (χ1n) is 6.75. The van der Waals surface area contributed by atoms with Gasteiger partial charge in [0.05, 0.1) is 23.1 Å². The fourth-order valence-electron chi connectivity index (χ4n) is 2.34. The van der Waals surface area contributed by atoms with E-state index in [1.165, 1.54) is 0 Å². The summed E-state index contributed by atoms with van der Waals surface area (Å²) in [5.41, 5.74) is 1.31. The largest absolute Gasteiger partial charge is 0.322 e. The van der Waals surface area contributed by atoms with Gasteiger partial charge in [-0.05, 0) is 26.7 Å². The average Bonchev–Trinajstić information content (AvgIpc) is 2.70. The van der Waals surface area contributed by atoms with E-state index in [0.29, 0.717) is 18.5 Å². The van der Waals surface area contributed by atoms with Crippen molar-refractivity contribution in [1.82, 2.24) is 10.2 Å². The van der Waals surface area contributed by atoms with Crippen LogP contribution in [-0.4, -0.2) is 16.1 Å². The van der Waals surface area contributed by atoms with Crippen LogP contribution in [0.25, 0.3) is 0 Å². The molecule has 1 aromatic heterocycles. The van der Waals surface area contributed by atoms with E-state index in [0.717, 1.165) is 24.2 Å². The zero-order valence-corrected chi connectivity index (χ0v) is 12.1. The van der Waals surface area contributed by atoms with Crippen LogP contribution in [0.1, 0.15) is 50.9 Å². The summed E-state index contributed by atoms with van der Waals surface area (Å²) in [4.78, 5) is 12.5. The highest BCUT2D eigenvalue weighted by Crippen LogP contribution is 2.31. The van der Waals surface area contributed by atoms with Crippen molar-refractivity contribution < 1.29 is 4.79 Å². The average molecular weight is 262 g/mol. The van der Waals surface area contributed by atoms with Crippen LogP contribution in [0.5, 0.6) is 0 Å². The molecule has 104 valence electrons. The van der Waals surface area contributed by atoms with Gasteiger partial charge in [-0.2, -0.15) is 10.4 Å². The molecule has 5 nitrogen and oxygen atoms in total. The van der Waals surface area contributed by atoms with E-state index < -0.39 is 5.41 Å². The standard InChI is InChI=1S/C14H22N4O/c1-5-7-14(9-15,8-6-2)13(19)16-12-10(3)17-18-11(12)4/h5-8H2,1-4H3,(H,16,19)(H,17,18). The first-order chi connectivity index (χ1) is 9.00. The van der Waals surface area contributed by atoms with E-state index in [4.69, 9.17) is 0 Å². The van der Waals surface area contributed by atoms with E-state index in [1.807, 2.05) is 27.7 Å². The lowest BCUT2D eigenvalue weighted by Gasteiger charge is -2.24. The molecule has 0 radical (unpaired) electrons. The molecule has 0 aliphatic carbocycles. The monoisotopic (exact) mass is 262 g/mol. The fraction of sp³-hybridized carbons (Fsp3) is 0.643. The maximum absolute atomic E-state index is 12.5. The Kier molecular flexibility index (Phi) is 5.11. The van der Waals surface area contributed by atoms with Gasteiger partial charge >= 0.3 is 0 Å². The third-order valence-electron chi connectivity index (χ3n) is 3.37. The van der Waals surface area contributed by atoms with Crippen molar-refractivity contribution in [1.29, 1.82) is 5.26 Å². The van der Waals surface area contributed by atoms with Gasteiger partial charge in [0.15, 0.2) is 0 Å². The molecular formula is C14H22N4O. The Morgan fingerprint density at radius 3 is 2.32 bits per heavy atom. The minimum absolute atomic E-state index is 0.216. The summed E-state index contributed by atoms with van der Waals surface area (Å²) in [7, 11) is 0. The van der Waals surface area contributed by atoms with E-state index in [-0.39, 0.29) is 5.91 Å². The van der Waals surface area contributed by atoms with Gasteiger partial charge in [0.2, 0.25) is 5.91 Å². The summed E-state index contributed by atoms with van der Waals surface area (Å²) >= 11 is 0. The van der Waals surface area contributed by atoms with Crippen LogP contribution in [0.3, 0.4) is 0 Å². The smallest absolute Gasteiger partial charge is 0.244 e. The normalized spacial score (nSPS) is 11.1. The van der Waals surface area contributed by atoms with E-state index in [2.05, 4.69) is 21.6 Å². The SMILES string of the molecule is CCCC(C#N)(CCC)C(=O)Nc1c(C)n[nH]c1C. The van der Waals surface area contributed by atoms with Crippen LogP contribution in [-0.2, 0) is 4.79 Å². The van der Waals surface area contributed by atoms with E-state index in [1.54, 1.807) is 0 Å². The number of nitrogens with zero attached hydrogens (tertiary/aromatic N) is 2. The number of hydrogen-bond acceptors (Lipinski definition) is 3. The van der Waals surface area contributed by atoms with E-state index in [9.17, 15) is 10.1 Å². The number of amides is 1. The van der Waals surface area contributed by atoms with Crippen molar-refractivity contribution in [2.75, 3.05) is 5.32 Å². The van der Waals surface area contributed by atoms with Gasteiger partial charge in [0.1, 0.15) is 5.41 Å². The Bertz CT molecular complexity index is 459. The maximum atomic E-state index is 12.5. The Hall–Kier alpha value is -1.83. The third-order valence-corrected chi connectivity index (χ3v) is 3.37. The van der Waals surface area contributed by atoms with Crippen LogP contribution in [0, 0.1) is 30.6 Å². The molecule has 0 saturated carbocycles. The minimum atomic E-state index is -0.931. The maximum Gasteiger partial charge on any atom is 0.244 e. The number of hydrogen-bond donors (Lipinski definition) is 2. The highest BCUT2D eigenvalue weighted by Gasteiger charge is 2.37. The van der Waals surface area contributed by atoms with Gasteiger partial charge < -0.3 is 5.32 Å². The number of nitriles is 1. The molecule has 1 heterocycles. The predicted molar refractivity (Wildman–Crippen MR) is 74.6 cm³/mol. The van der Waals surface area contributed by atoms with Crippen molar-refractivity contribution in [3.8, 4) is 6.07 Å². The molecule has 0 fully saturated rings. The molecular weight excluding hydrogens is 240 g/mol. The van der Waals surface area contributed by atoms with Crippen molar-refractivity contribution in [3.63, 3.8) is 0 Å². The number of aromatic amines is 1. The van der Waals surface area contributed by atoms with Crippen molar-refractivity contribution in [2.45, 2.75) is 53.4 Å². The highest BCUT2D eigenvalue weighted by atomic mass is 16.2. The Morgan fingerprint density at radius 1 is 1.37 bits per heavy atom. The predicted octanol–water partition coefficient (Wildman–Crippen LogP) is 3.08. The summed E-state index contributed by atoms with van der Waals surface area (Å²) in [6.07, 6.45) is 2.78. The van der Waals surface area contributed by atoms with Crippen LogP contribution >= 0.6 is 0 Å². The van der Waals surface area contributed by atoms with Crippen LogP contribution in [0.15, 0.2) is 0 Å². The fourth-order valence-corrected chi connectivity index (χ4v) is 2.34. The quantitative estimate of drug-likeness (QED) is 0.826. The number of H-pyrrole nitrogens is 1. The number of carbonyl (C=O) groups is 1. The molecule has 2 N–H and O–H groups in total. The lowest BCUT2D eigenvalue weighted by Crippen LogP contribution is -2.35. The van der Waals surface area contributed by atoms with Crippen molar-refractivity contribution >= 4 is 11.6 Å². The molecule has 0 bridgehead atoms. The second-order valence-electron chi connectivity index (χ2n) is 4.96. The third kappa shape index (κ3) is 3.14. The molecule has 0 aliphatic heterocycles. The number of carbonyl (C=O) groups excluding carboxylic acids is 1. The number of rotatable bonds is 6. The summed E-state index contributed by atoms with van der Waals surface area (Å²) in [5.74, 6) is -0.216. The molecule has 0 atom stereocenters. The molecule has 1 aromatic rings. The molecule has 0 unspecified atom stereocenters. The molecule has 0 saturated heterocycles. The van der Waals surface area contributed by atoms with Gasteiger partial charge in [-0.1, -0.05) is 26.7 Å². The number of aryl methyl sites for hydroxylation is 2. The molecule has 1 rings (SSSR count). The molecule has 19 heavy (non-hydrogen) atoms. The first-order valence-corrected chi connectivity index (χ1v) is 6.75. The van der Waals surface area contributed by atoms with Crippen LogP contribution in [0.2, 0.25) is 0 Å². The second kappa shape index (κ2) is 6.37. The number of anilines is 1. The Balaban J connectivity index is 2.98. The molecule has 0 aromatic carbocycles. The van der Waals surface area contributed by atoms with Crippen LogP contribution in [0.4, 0.5) is 5.69 Å². The molecule has 1 amide bonds. The van der Waals surface area contributed by atoms with Gasteiger partial charge in [-0.15, -0.1) is 0 Å². The zero-order chi connectivity index (χ0) is 14.5. The summed E-state index contributed by atoms with van der Waals surface area (Å²) in [5, 5.41) is 19.2. The Labute approximate surface area is 114 Å². The number of aromatic nitrogens is 2. The zero-order valence-electron chi connectivity index (χ0n) is 12.1. The van der Waals surface area contributed by atoms with Crippen molar-refractivity contribution in [2.24, 2.45) is 5.41 Å². The lowest BCUT2D eigenvalue weighted by atomic mass is 9.79. The molecule has 5 heteroatoms. The van der Waals surface area contributed by atoms with Gasteiger partial charge in [-0.3, -0.25) is 9.89 Å². The molecule has 0 spiro atoms. The topological polar surface area (TPSA) is 81.6 Å². The first kappa shape index (κ1) is 15.2. The minimum Gasteiger partial charge on any atom is -0.322 e. The van der Waals surface area contributed by atoms with Crippen molar-refractivity contribution in [3.05, 3.63) is 11.4 Å². The second-order valence-corrected chi connectivity index (χ2v) is 4.96. The van der Waals surface area contributed by atoms with Crippen LogP contribution < -0.4 is 5.32 Å². The number of nitrogens with one attached hydrogen (secondary N) is 2. The lowest BCUT2D eigenvalue weighted by molar-refractivity contribution is -0.123. The summed E-state index contributed by atoms with van der Waals surface area (Å²) in [6, 6.07) is 2.23. The van der Waals surface area contributed by atoms with Gasteiger partial charge in [-0.25, -0.2) is 0 Å². The highest BCUT2D eigenvalue weighted by molar-refractivity contribution is 5.98. The summed E-state index contributed by atoms with van der Waals surface area (Å²) < 4.78 is 0. The van der Waals surface area contributed by atoms with E-state index >= 15 is 0 Å². The molecule has 0 aliphatic rings. The van der Waals surface area contributed by atoms with Gasteiger partial charge in [0, 0.05) is 0 Å². The summed E-state index contributed by atoms with van der Waals surface area (Å²) in [6.45, 7) is 7.66. The Morgan fingerprint density at radius 2 is 1.95 bits per heavy atom. The van der Waals surface area contributed by atoms with Gasteiger partial charge in [0.25, 0.3) is 0 Å².